The quantitative estimate of drug-likeness (QED) is 0.321. The van der Waals surface area contributed by atoms with E-state index in [-0.39, 0.29) is 5.56 Å². The minimum Gasteiger partial charge on any atom is -0.390 e. The standard InChI is InChI=1S/C19H15Br2N5O2S2/c20-11-6-14-16(15(21)7-11)23-10-26(17(14)28)18-24-25-19(30-18)29-9-13(27)8-22-12-4-2-1-3-5-12/h1-7,10,13,22,27H,8-9H2. The van der Waals surface area contributed by atoms with Crippen LogP contribution in [0.15, 0.2) is 66.9 Å². The lowest BCUT2D eigenvalue weighted by Gasteiger charge is -2.11. The summed E-state index contributed by atoms with van der Waals surface area (Å²) in [7, 11) is 0. The first kappa shape index (κ1) is 21.4. The summed E-state index contributed by atoms with van der Waals surface area (Å²) in [6.07, 6.45) is 0.902. The Morgan fingerprint density at radius 3 is 2.80 bits per heavy atom. The number of benzene rings is 2. The molecule has 4 rings (SSSR count). The Morgan fingerprint density at radius 1 is 1.20 bits per heavy atom. The summed E-state index contributed by atoms with van der Waals surface area (Å²) < 4.78 is 3.58. The van der Waals surface area contributed by atoms with Gasteiger partial charge in [-0.25, -0.2) is 9.55 Å². The second-order valence-electron chi connectivity index (χ2n) is 6.27. The van der Waals surface area contributed by atoms with Crippen LogP contribution in [0.4, 0.5) is 5.69 Å². The smallest absolute Gasteiger partial charge is 0.267 e. The van der Waals surface area contributed by atoms with E-state index < -0.39 is 6.10 Å². The zero-order chi connectivity index (χ0) is 21.1. The highest BCUT2D eigenvalue weighted by Gasteiger charge is 2.14. The number of nitrogens with zero attached hydrogens (tertiary/aromatic N) is 4. The molecule has 11 heteroatoms. The fourth-order valence-corrected chi connectivity index (χ4v) is 5.76. The summed E-state index contributed by atoms with van der Waals surface area (Å²) in [6.45, 7) is 0.431. The van der Waals surface area contributed by atoms with Crippen LogP contribution in [0.2, 0.25) is 0 Å². The average Bonchev–Trinajstić information content (AvgIpc) is 3.21. The SMILES string of the molecule is O=c1c2cc(Br)cc(Br)c2ncn1-c1nnc(SCC(O)CNc2ccccc2)s1. The van der Waals surface area contributed by atoms with E-state index in [0.29, 0.717) is 32.7 Å². The number of para-hydroxylation sites is 1. The van der Waals surface area contributed by atoms with Gasteiger partial charge in [0.1, 0.15) is 6.33 Å². The van der Waals surface area contributed by atoms with E-state index in [4.69, 9.17) is 0 Å². The van der Waals surface area contributed by atoms with Gasteiger partial charge in [0, 0.05) is 26.9 Å². The molecule has 1 unspecified atom stereocenters. The van der Waals surface area contributed by atoms with Crippen molar-refractivity contribution in [3.05, 3.63) is 68.1 Å². The van der Waals surface area contributed by atoms with Gasteiger partial charge in [-0.05, 0) is 40.2 Å². The number of halogens is 2. The number of anilines is 1. The molecule has 2 aromatic carbocycles. The lowest BCUT2D eigenvalue weighted by Crippen LogP contribution is -2.21. The highest BCUT2D eigenvalue weighted by Crippen LogP contribution is 2.27. The molecule has 2 heterocycles. The van der Waals surface area contributed by atoms with Crippen molar-refractivity contribution in [1.29, 1.82) is 0 Å². The van der Waals surface area contributed by atoms with Crippen LogP contribution in [-0.4, -0.2) is 43.3 Å². The molecule has 0 saturated carbocycles. The molecule has 0 bridgehead atoms. The van der Waals surface area contributed by atoms with Crippen molar-refractivity contribution < 1.29 is 5.11 Å². The number of aromatic nitrogens is 4. The van der Waals surface area contributed by atoms with E-state index in [0.717, 1.165) is 14.6 Å². The van der Waals surface area contributed by atoms with Crippen LogP contribution < -0.4 is 10.9 Å². The van der Waals surface area contributed by atoms with Crippen LogP contribution in [0, 0.1) is 0 Å². The molecule has 30 heavy (non-hydrogen) atoms. The van der Waals surface area contributed by atoms with E-state index in [9.17, 15) is 9.90 Å². The van der Waals surface area contributed by atoms with E-state index in [1.165, 1.54) is 34.0 Å². The molecule has 0 aliphatic rings. The topological polar surface area (TPSA) is 92.9 Å². The molecule has 0 aliphatic carbocycles. The highest BCUT2D eigenvalue weighted by atomic mass is 79.9. The minimum absolute atomic E-state index is 0.221. The lowest BCUT2D eigenvalue weighted by molar-refractivity contribution is 0.213. The Balaban J connectivity index is 1.44. The molecule has 0 fully saturated rings. The number of hydrogen-bond acceptors (Lipinski definition) is 8. The number of rotatable bonds is 7. The Morgan fingerprint density at radius 2 is 2.00 bits per heavy atom. The first-order valence-corrected chi connectivity index (χ1v) is 12.2. The highest BCUT2D eigenvalue weighted by molar-refractivity contribution is 9.11. The Labute approximate surface area is 196 Å². The van der Waals surface area contributed by atoms with E-state index in [1.54, 1.807) is 6.07 Å². The van der Waals surface area contributed by atoms with Crippen molar-refractivity contribution in [2.24, 2.45) is 0 Å². The zero-order valence-corrected chi connectivity index (χ0v) is 20.1. The van der Waals surface area contributed by atoms with Gasteiger partial charge in [0.15, 0.2) is 4.34 Å². The molecule has 2 aromatic heterocycles. The third-order valence-electron chi connectivity index (χ3n) is 4.10. The molecule has 2 N–H and O–H groups in total. The molecule has 4 aromatic rings. The number of fused-ring (bicyclic) bond motifs is 1. The van der Waals surface area contributed by atoms with Crippen LogP contribution in [0.25, 0.3) is 16.0 Å². The number of aliphatic hydroxyl groups is 1. The first-order valence-electron chi connectivity index (χ1n) is 8.81. The van der Waals surface area contributed by atoms with Crippen LogP contribution in [-0.2, 0) is 0 Å². The van der Waals surface area contributed by atoms with Crippen molar-refractivity contribution in [1.82, 2.24) is 19.7 Å². The normalized spacial score (nSPS) is 12.2. The van der Waals surface area contributed by atoms with Crippen molar-refractivity contribution in [2.45, 2.75) is 10.4 Å². The first-order chi connectivity index (χ1) is 14.5. The van der Waals surface area contributed by atoms with Gasteiger partial charge in [0.05, 0.1) is 17.0 Å². The summed E-state index contributed by atoms with van der Waals surface area (Å²) in [5, 5.41) is 22.6. The lowest BCUT2D eigenvalue weighted by atomic mass is 10.2. The third kappa shape index (κ3) is 4.92. The minimum atomic E-state index is -0.553. The van der Waals surface area contributed by atoms with E-state index in [1.807, 2.05) is 36.4 Å². The van der Waals surface area contributed by atoms with Crippen LogP contribution in [0.3, 0.4) is 0 Å². The molecule has 0 radical (unpaired) electrons. The van der Waals surface area contributed by atoms with E-state index in [2.05, 4.69) is 52.4 Å². The van der Waals surface area contributed by atoms with Gasteiger partial charge in [-0.15, -0.1) is 10.2 Å². The predicted molar refractivity (Wildman–Crippen MR) is 128 cm³/mol. The summed E-state index contributed by atoms with van der Waals surface area (Å²) in [5.41, 5.74) is 1.33. The fraction of sp³-hybridized carbons (Fsp3) is 0.158. The van der Waals surface area contributed by atoms with Crippen molar-refractivity contribution in [3.8, 4) is 5.13 Å². The molecule has 0 aliphatic heterocycles. The largest absolute Gasteiger partial charge is 0.390 e. The molecular formula is C19H15Br2N5O2S2. The van der Waals surface area contributed by atoms with Crippen LogP contribution in [0.1, 0.15) is 0 Å². The van der Waals surface area contributed by atoms with Gasteiger partial charge in [0.25, 0.3) is 5.56 Å². The molecule has 154 valence electrons. The second kappa shape index (κ2) is 9.56. The third-order valence-corrected chi connectivity index (χ3v) is 7.36. The van der Waals surface area contributed by atoms with Crippen molar-refractivity contribution >= 4 is 71.5 Å². The van der Waals surface area contributed by atoms with Crippen molar-refractivity contribution in [3.63, 3.8) is 0 Å². The molecular weight excluding hydrogens is 554 g/mol. The van der Waals surface area contributed by atoms with Crippen molar-refractivity contribution in [2.75, 3.05) is 17.6 Å². The fourth-order valence-electron chi connectivity index (χ4n) is 2.67. The number of nitrogens with one attached hydrogen (secondary N) is 1. The zero-order valence-electron chi connectivity index (χ0n) is 15.3. The number of thioether (sulfide) groups is 1. The van der Waals surface area contributed by atoms with Gasteiger partial charge >= 0.3 is 0 Å². The maximum absolute atomic E-state index is 12.9. The molecule has 1 atom stereocenters. The number of aliphatic hydroxyl groups excluding tert-OH is 1. The molecule has 0 amide bonds. The maximum atomic E-state index is 12.9. The summed E-state index contributed by atoms with van der Waals surface area (Å²) in [4.78, 5) is 17.3. The predicted octanol–water partition coefficient (Wildman–Crippen LogP) is 4.33. The Bertz CT molecular complexity index is 1230. The van der Waals surface area contributed by atoms with Gasteiger partial charge in [-0.2, -0.15) is 0 Å². The van der Waals surface area contributed by atoms with Gasteiger partial charge in [-0.1, -0.05) is 57.2 Å². The molecule has 0 spiro atoms. The Kier molecular flexibility index (Phi) is 6.84. The molecule has 7 nitrogen and oxygen atoms in total. The van der Waals surface area contributed by atoms with Crippen LogP contribution >= 0.6 is 55.0 Å². The maximum Gasteiger partial charge on any atom is 0.267 e. The second-order valence-corrected chi connectivity index (χ2v) is 10.3. The summed E-state index contributed by atoms with van der Waals surface area (Å²) in [5.74, 6) is 0.458. The molecule has 0 saturated heterocycles. The number of hydrogen-bond donors (Lipinski definition) is 2. The summed E-state index contributed by atoms with van der Waals surface area (Å²) in [6, 6.07) is 13.3. The van der Waals surface area contributed by atoms with Gasteiger partial charge in [-0.3, -0.25) is 4.79 Å². The monoisotopic (exact) mass is 567 g/mol. The van der Waals surface area contributed by atoms with Gasteiger partial charge < -0.3 is 10.4 Å². The Hall–Kier alpha value is -1.79. The van der Waals surface area contributed by atoms with E-state index >= 15 is 0 Å². The van der Waals surface area contributed by atoms with Crippen LogP contribution in [0.5, 0.6) is 0 Å². The van der Waals surface area contributed by atoms with Gasteiger partial charge in [0.2, 0.25) is 5.13 Å². The summed E-state index contributed by atoms with van der Waals surface area (Å²) >= 11 is 9.51. The average molecular weight is 569 g/mol.